The number of esters is 1. The van der Waals surface area contributed by atoms with E-state index < -0.39 is 62.6 Å². The number of hydrogen-bond acceptors (Lipinski definition) is 11. The van der Waals surface area contributed by atoms with Crippen molar-refractivity contribution >= 4 is 26.2 Å². The number of aliphatic hydroxyl groups excluding tert-OH is 1. The van der Waals surface area contributed by atoms with Gasteiger partial charge in [0.25, 0.3) is 14.3 Å². The van der Waals surface area contributed by atoms with Gasteiger partial charge in [0.05, 0.1) is 45.2 Å². The fraction of sp³-hybridized carbons (Fsp3) is 0.557. The lowest BCUT2D eigenvalue weighted by Gasteiger charge is -2.41. The number of benzene rings is 5. The van der Waals surface area contributed by atoms with E-state index in [1.807, 2.05) is 186 Å². The van der Waals surface area contributed by atoms with Crippen LogP contribution >= 0.6 is 0 Å². The highest BCUT2D eigenvalue weighted by Crippen LogP contribution is 2.42. The van der Waals surface area contributed by atoms with E-state index in [9.17, 15) is 19.5 Å². The number of carbonyl (C=O) groups excluding carboxylic acids is 3. The minimum atomic E-state index is -2.19. The van der Waals surface area contributed by atoms with Crippen molar-refractivity contribution in [2.45, 2.75) is 277 Å². The summed E-state index contributed by atoms with van der Waals surface area (Å²) in [4.78, 5) is 40.3. The molecular weight excluding hydrogens is 1170 g/mol. The predicted octanol–water partition coefficient (Wildman–Crippen LogP) is 17.7. The molecule has 5 aromatic carbocycles. The number of nitrogens with one attached hydrogen (secondary N) is 1. The van der Waals surface area contributed by atoms with Gasteiger partial charge in [0.1, 0.15) is 36.1 Å². The molecule has 5 aromatic rings. The van der Waals surface area contributed by atoms with Crippen LogP contribution in [0.4, 0.5) is 0 Å². The summed E-state index contributed by atoms with van der Waals surface area (Å²) >= 11 is 0. The van der Waals surface area contributed by atoms with Gasteiger partial charge < -0.3 is 43.3 Å². The van der Waals surface area contributed by atoms with Crippen LogP contribution in [0.1, 0.15) is 207 Å². The number of aliphatic hydroxyl groups is 1. The maximum Gasteiger partial charge on any atom is 0.329 e. The van der Waals surface area contributed by atoms with Crippen LogP contribution in [0.15, 0.2) is 152 Å². The minimum Gasteiger partial charge on any atom is -0.518 e. The molecule has 92 heavy (non-hydrogen) atoms. The Bertz CT molecular complexity index is 2820. The quantitative estimate of drug-likeness (QED) is 0.0166. The number of rotatable bonds is 44. The fourth-order valence-corrected chi connectivity index (χ4v) is 17.4. The number of carbonyl (C=O) groups is 3. The van der Waals surface area contributed by atoms with E-state index in [0.717, 1.165) is 66.3 Å². The van der Waals surface area contributed by atoms with E-state index in [2.05, 4.69) is 58.7 Å². The molecule has 13 heteroatoms. The number of amides is 1. The summed E-state index contributed by atoms with van der Waals surface area (Å²) in [6, 6.07) is 48.8. The summed E-state index contributed by atoms with van der Waals surface area (Å²) in [7, 11) is -2.19. The first-order valence-corrected chi connectivity index (χ1v) is 36.6. The molecule has 0 fully saturated rings. The molecule has 1 amide bonds. The molecule has 0 saturated heterocycles. The second kappa shape index (κ2) is 42.4. The van der Waals surface area contributed by atoms with E-state index in [1.54, 1.807) is 0 Å². The molecule has 5 rings (SSSR count). The standard InChI is InChI=1S/C79H113NO11Si/c1-60(2)73(78(84)90-79(9,10)11)80-71(82)53-40-52-70(85-55-64-41-28-23-29-42-64)75(87-57-66-45-32-25-33-46-66)77(89-59-68-49-36-27-37-50-68)76(88-58-67-47-34-26-35-48-67)74(86-56-65-43-30-24-31-44-65)69(81)51-38-21-19-17-15-13-12-14-16-18-20-22-39-54-72(83)91-92(61(3)4,62(5)6)63(7)8/h23-37,41-50,60-63,69-70,73-77,81H,12-20,22,39-40,51-59H2,1-11H3,(H,80,82)/t69-,70+,73+,74+,75+,76+,77+/m1/s1. The Morgan fingerprint density at radius 1 is 0.457 bits per heavy atom. The molecule has 504 valence electrons. The number of ether oxygens (including phenoxy) is 6. The predicted molar refractivity (Wildman–Crippen MR) is 373 cm³/mol. The molecule has 0 unspecified atom stereocenters. The Morgan fingerprint density at radius 2 is 0.826 bits per heavy atom. The highest BCUT2D eigenvalue weighted by Gasteiger charge is 2.48. The Morgan fingerprint density at radius 3 is 1.23 bits per heavy atom. The molecular formula is C79H113NO11Si. The summed E-state index contributed by atoms with van der Waals surface area (Å²) in [5.74, 6) is 5.76. The van der Waals surface area contributed by atoms with Gasteiger partial charge in [0.15, 0.2) is 0 Å². The van der Waals surface area contributed by atoms with Gasteiger partial charge in [-0.05, 0) is 96.8 Å². The van der Waals surface area contributed by atoms with Gasteiger partial charge in [-0.3, -0.25) is 9.59 Å². The molecule has 0 aliphatic carbocycles. The van der Waals surface area contributed by atoms with Gasteiger partial charge in [0.2, 0.25) is 5.91 Å². The topological polar surface area (TPSA) is 148 Å². The second-order valence-corrected chi connectivity index (χ2v) is 32.4. The molecule has 0 saturated carbocycles. The zero-order chi connectivity index (χ0) is 66.6. The van der Waals surface area contributed by atoms with Crippen molar-refractivity contribution in [1.29, 1.82) is 0 Å². The molecule has 0 aliphatic rings. The highest BCUT2D eigenvalue weighted by molar-refractivity contribution is 6.78. The van der Waals surface area contributed by atoms with Crippen molar-refractivity contribution in [3.63, 3.8) is 0 Å². The molecule has 2 N–H and O–H groups in total. The lowest BCUT2D eigenvalue weighted by molar-refractivity contribution is -0.227. The van der Waals surface area contributed by atoms with E-state index in [-0.39, 0.29) is 63.7 Å². The Hall–Kier alpha value is -5.95. The molecule has 7 atom stereocenters. The van der Waals surface area contributed by atoms with Crippen LogP contribution in [0.3, 0.4) is 0 Å². The minimum absolute atomic E-state index is 0.00368. The Labute approximate surface area is 555 Å². The largest absolute Gasteiger partial charge is 0.518 e. The Kier molecular flexibility index (Phi) is 35.4. The smallest absolute Gasteiger partial charge is 0.329 e. The first-order valence-electron chi connectivity index (χ1n) is 34.4. The van der Waals surface area contributed by atoms with Crippen LogP contribution in [0.25, 0.3) is 0 Å². The SMILES string of the molecule is CC(C)[C@H](NC(=O)CCC[C@H](OCc1ccccc1)[C@H](OCc1ccccc1)[C@H](OCc1ccccc1)[C@@H](OCc1ccccc1)[C@@H](OCc1ccccc1)[C@H](O)CC#CCCCCCCCCCCCCC(=O)O[Si](C(C)C)(C(C)C)C(C)C)C(=O)OC(C)(C)C. The van der Waals surface area contributed by atoms with E-state index in [0.29, 0.717) is 42.3 Å². The summed E-state index contributed by atoms with van der Waals surface area (Å²) in [5.41, 5.74) is 5.09. The summed E-state index contributed by atoms with van der Waals surface area (Å²) in [6.07, 6.45) is 7.53. The molecule has 0 heterocycles. The maximum atomic E-state index is 14.0. The van der Waals surface area contributed by atoms with Gasteiger partial charge in [-0.2, -0.15) is 0 Å². The van der Waals surface area contributed by atoms with Crippen molar-refractivity contribution in [3.05, 3.63) is 179 Å². The summed E-state index contributed by atoms with van der Waals surface area (Å²) in [6.45, 7) is 23.4. The van der Waals surface area contributed by atoms with Gasteiger partial charge in [0, 0.05) is 25.7 Å². The molecule has 0 radical (unpaired) electrons. The van der Waals surface area contributed by atoms with Crippen LogP contribution in [0.2, 0.25) is 16.6 Å². The van der Waals surface area contributed by atoms with Crippen molar-refractivity contribution in [1.82, 2.24) is 5.32 Å². The summed E-state index contributed by atoms with van der Waals surface area (Å²) in [5, 5.41) is 15.7. The molecule has 0 aliphatic heterocycles. The van der Waals surface area contributed by atoms with Gasteiger partial charge >= 0.3 is 5.97 Å². The highest BCUT2D eigenvalue weighted by atomic mass is 28.4. The number of hydrogen-bond donors (Lipinski definition) is 2. The van der Waals surface area contributed by atoms with Crippen LogP contribution < -0.4 is 5.32 Å². The van der Waals surface area contributed by atoms with E-state index in [1.165, 1.54) is 25.7 Å². The van der Waals surface area contributed by atoms with E-state index in [4.69, 9.17) is 32.8 Å². The van der Waals surface area contributed by atoms with Crippen LogP contribution in [0.5, 0.6) is 0 Å². The molecule has 12 nitrogen and oxygen atoms in total. The monoisotopic (exact) mass is 1280 g/mol. The van der Waals surface area contributed by atoms with Crippen molar-refractivity contribution in [2.75, 3.05) is 0 Å². The average Bonchev–Trinajstić information content (AvgIpc) is 1.32. The first kappa shape index (κ1) is 76.8. The van der Waals surface area contributed by atoms with Crippen LogP contribution in [-0.2, 0) is 80.3 Å². The third kappa shape index (κ3) is 28.3. The molecule has 0 aromatic heterocycles. The normalized spacial score (nSPS) is 14.3. The first-order chi connectivity index (χ1) is 44.3. The summed E-state index contributed by atoms with van der Waals surface area (Å²) < 4.78 is 47.9. The van der Waals surface area contributed by atoms with Crippen LogP contribution in [0, 0.1) is 17.8 Å². The maximum absolute atomic E-state index is 14.0. The lowest BCUT2D eigenvalue weighted by Crippen LogP contribution is -2.56. The zero-order valence-electron chi connectivity index (χ0n) is 57.7. The van der Waals surface area contributed by atoms with Crippen LogP contribution in [-0.4, -0.2) is 79.5 Å². The Balaban J connectivity index is 1.39. The second-order valence-electron chi connectivity index (χ2n) is 27.0. The number of unbranched alkanes of at least 4 members (excludes halogenated alkanes) is 10. The van der Waals surface area contributed by atoms with Crippen molar-refractivity contribution in [3.8, 4) is 11.8 Å². The van der Waals surface area contributed by atoms with Crippen molar-refractivity contribution in [2.24, 2.45) is 5.92 Å². The molecule has 0 bridgehead atoms. The fourth-order valence-electron chi connectivity index (χ4n) is 12.2. The third-order valence-corrected chi connectivity index (χ3v) is 23.1. The lowest BCUT2D eigenvalue weighted by atomic mass is 9.92. The van der Waals surface area contributed by atoms with Crippen molar-refractivity contribution < 1.29 is 52.3 Å². The zero-order valence-corrected chi connectivity index (χ0v) is 58.7. The van der Waals surface area contributed by atoms with Gasteiger partial charge in [-0.25, -0.2) is 4.79 Å². The van der Waals surface area contributed by atoms with E-state index >= 15 is 0 Å². The third-order valence-electron chi connectivity index (χ3n) is 17.1. The molecule has 0 spiro atoms. The average molecular weight is 1280 g/mol. The van der Waals surface area contributed by atoms with Gasteiger partial charge in [-0.1, -0.05) is 258 Å². The van der Waals surface area contributed by atoms with Gasteiger partial charge in [-0.15, -0.1) is 11.8 Å².